The van der Waals surface area contributed by atoms with Gasteiger partial charge in [0.15, 0.2) is 0 Å². The van der Waals surface area contributed by atoms with Crippen LogP contribution in [0.2, 0.25) is 5.02 Å². The summed E-state index contributed by atoms with van der Waals surface area (Å²) in [7, 11) is 1.46. The van der Waals surface area contributed by atoms with Crippen molar-refractivity contribution >= 4 is 34.8 Å². The van der Waals surface area contributed by atoms with Gasteiger partial charge in [-0.15, -0.1) is 0 Å². The largest absolute Gasteiger partial charge is 0.495 e. The molecule has 0 unspecified atom stereocenters. The van der Waals surface area contributed by atoms with Gasteiger partial charge in [-0.3, -0.25) is 9.59 Å². The van der Waals surface area contributed by atoms with Crippen molar-refractivity contribution in [2.45, 2.75) is 39.5 Å². The summed E-state index contributed by atoms with van der Waals surface area (Å²) in [6, 6.07) is 4.74. The van der Waals surface area contributed by atoms with Gasteiger partial charge in [0.05, 0.1) is 12.8 Å². The topological polar surface area (TPSA) is 79.8 Å². The van der Waals surface area contributed by atoms with E-state index in [1.54, 1.807) is 12.1 Å². The van der Waals surface area contributed by atoms with E-state index in [1.807, 2.05) is 13.8 Å². The molecule has 0 saturated heterocycles. The van der Waals surface area contributed by atoms with Gasteiger partial charge in [0, 0.05) is 10.7 Å². The molecule has 126 valence electrons. The average molecular weight is 340 g/mol. The number of anilines is 1. The van der Waals surface area contributed by atoms with Crippen molar-refractivity contribution in [1.29, 1.82) is 0 Å². The van der Waals surface area contributed by atoms with Gasteiger partial charge in [0.1, 0.15) is 5.75 Å². The Balaban J connectivity index is 2.72. The van der Waals surface area contributed by atoms with Crippen LogP contribution in [-0.4, -0.2) is 24.6 Å². The number of carbonyl (C=O) groups excluding carboxylic acids is 2. The number of carbonyl (C=O) groups is 2. The molecule has 0 aliphatic heterocycles. The molecule has 23 heavy (non-hydrogen) atoms. The van der Waals surface area contributed by atoms with Crippen LogP contribution in [0.4, 0.5) is 5.69 Å². The average Bonchev–Trinajstić information content (AvgIpc) is 2.53. The van der Waals surface area contributed by atoms with Crippen LogP contribution in [0.3, 0.4) is 0 Å². The summed E-state index contributed by atoms with van der Waals surface area (Å²) in [5.74, 6) is -1.25. The van der Waals surface area contributed by atoms with Gasteiger partial charge >= 0.3 is 11.8 Å². The highest BCUT2D eigenvalue weighted by atomic mass is 35.5. The van der Waals surface area contributed by atoms with E-state index in [-0.39, 0.29) is 0 Å². The van der Waals surface area contributed by atoms with E-state index < -0.39 is 11.8 Å². The van der Waals surface area contributed by atoms with Crippen LogP contribution >= 0.6 is 11.6 Å². The highest BCUT2D eigenvalue weighted by molar-refractivity contribution is 6.40. The van der Waals surface area contributed by atoms with Crippen LogP contribution in [0.1, 0.15) is 39.5 Å². The molecule has 0 aromatic heterocycles. The minimum Gasteiger partial charge on any atom is -0.495 e. The van der Waals surface area contributed by atoms with E-state index in [1.165, 1.54) is 13.2 Å². The predicted octanol–water partition coefficient (Wildman–Crippen LogP) is 3.36. The molecule has 7 heteroatoms. The van der Waals surface area contributed by atoms with Gasteiger partial charge in [0.2, 0.25) is 0 Å². The number of halogens is 1. The summed E-state index contributed by atoms with van der Waals surface area (Å²) in [5, 5.41) is 6.91. The van der Waals surface area contributed by atoms with Gasteiger partial charge in [-0.05, 0) is 31.0 Å². The molecule has 2 amide bonds. The lowest BCUT2D eigenvalue weighted by Crippen LogP contribution is -2.33. The molecule has 0 aliphatic rings. The first-order chi connectivity index (χ1) is 11.0. The van der Waals surface area contributed by atoms with Crippen LogP contribution in [0.15, 0.2) is 23.3 Å². The number of benzene rings is 1. The summed E-state index contributed by atoms with van der Waals surface area (Å²) in [5.41, 5.74) is 3.48. The Morgan fingerprint density at radius 2 is 1.83 bits per heavy atom. The second-order valence-electron chi connectivity index (χ2n) is 4.92. The van der Waals surface area contributed by atoms with Gasteiger partial charge in [-0.1, -0.05) is 38.3 Å². The van der Waals surface area contributed by atoms with Crippen molar-refractivity contribution < 1.29 is 14.3 Å². The zero-order valence-corrected chi connectivity index (χ0v) is 14.4. The number of hydrogen-bond donors (Lipinski definition) is 2. The van der Waals surface area contributed by atoms with Crippen molar-refractivity contribution in [2.75, 3.05) is 12.4 Å². The number of amides is 2. The van der Waals surface area contributed by atoms with E-state index >= 15 is 0 Å². The van der Waals surface area contributed by atoms with E-state index in [0.717, 1.165) is 31.4 Å². The highest BCUT2D eigenvalue weighted by Crippen LogP contribution is 2.27. The molecular formula is C16H22ClN3O3. The van der Waals surface area contributed by atoms with Crippen molar-refractivity contribution in [3.63, 3.8) is 0 Å². The van der Waals surface area contributed by atoms with Crippen LogP contribution in [0.5, 0.6) is 5.75 Å². The Bertz CT molecular complexity index is 580. The molecule has 0 heterocycles. The molecule has 0 spiro atoms. The molecule has 0 fully saturated rings. The number of methoxy groups -OCH3 is 1. The number of ether oxygens (including phenoxy) is 1. The third kappa shape index (κ3) is 6.28. The zero-order chi connectivity index (χ0) is 17.2. The molecular weight excluding hydrogens is 318 g/mol. The first kappa shape index (κ1) is 19.0. The number of nitrogens with one attached hydrogen (secondary N) is 2. The maximum atomic E-state index is 11.9. The molecule has 6 nitrogen and oxygen atoms in total. The Hall–Kier alpha value is -2.08. The molecule has 0 bridgehead atoms. The second-order valence-corrected chi connectivity index (χ2v) is 5.35. The molecule has 0 saturated carbocycles. The first-order valence-corrected chi connectivity index (χ1v) is 7.89. The number of hydrogen-bond acceptors (Lipinski definition) is 4. The number of nitrogens with zero attached hydrogens (tertiary/aromatic N) is 1. The molecule has 2 N–H and O–H groups in total. The van der Waals surface area contributed by atoms with Crippen LogP contribution in [0.25, 0.3) is 0 Å². The maximum Gasteiger partial charge on any atom is 0.329 e. The molecule has 1 rings (SSSR count). The quantitative estimate of drug-likeness (QED) is 0.454. The molecule has 1 aromatic carbocycles. The summed E-state index contributed by atoms with van der Waals surface area (Å²) in [6.45, 7) is 4.07. The van der Waals surface area contributed by atoms with Crippen LogP contribution < -0.4 is 15.5 Å². The van der Waals surface area contributed by atoms with Crippen molar-refractivity contribution in [1.82, 2.24) is 5.43 Å². The second kappa shape index (κ2) is 9.84. The van der Waals surface area contributed by atoms with Crippen LogP contribution in [0, 0.1) is 0 Å². The van der Waals surface area contributed by atoms with E-state index in [0.29, 0.717) is 16.5 Å². The predicted molar refractivity (Wildman–Crippen MR) is 92.0 cm³/mol. The van der Waals surface area contributed by atoms with Gasteiger partial charge < -0.3 is 10.1 Å². The minimum absolute atomic E-state index is 0.325. The summed E-state index contributed by atoms with van der Waals surface area (Å²) >= 11 is 5.88. The van der Waals surface area contributed by atoms with Gasteiger partial charge in [-0.2, -0.15) is 5.10 Å². The molecule has 1 aromatic rings. The third-order valence-electron chi connectivity index (χ3n) is 3.01. The Kier molecular flexibility index (Phi) is 8.11. The summed E-state index contributed by atoms with van der Waals surface area (Å²) < 4.78 is 5.11. The fourth-order valence-corrected chi connectivity index (χ4v) is 2.12. The lowest BCUT2D eigenvalue weighted by molar-refractivity contribution is -0.136. The lowest BCUT2D eigenvalue weighted by atomic mass is 10.1. The first-order valence-electron chi connectivity index (χ1n) is 7.52. The molecule has 0 aliphatic carbocycles. The third-order valence-corrected chi connectivity index (χ3v) is 3.24. The Morgan fingerprint density at radius 3 is 2.39 bits per heavy atom. The Labute approximate surface area is 141 Å². The fourth-order valence-electron chi connectivity index (χ4n) is 1.95. The fraction of sp³-hybridized carbons (Fsp3) is 0.438. The van der Waals surface area contributed by atoms with E-state index in [4.69, 9.17) is 16.3 Å². The van der Waals surface area contributed by atoms with Gasteiger partial charge in [-0.25, -0.2) is 5.43 Å². The van der Waals surface area contributed by atoms with Gasteiger partial charge in [0.25, 0.3) is 0 Å². The lowest BCUT2D eigenvalue weighted by Gasteiger charge is -2.10. The summed E-state index contributed by atoms with van der Waals surface area (Å²) in [6.07, 6.45) is 3.44. The van der Waals surface area contributed by atoms with Crippen molar-refractivity contribution in [3.8, 4) is 5.75 Å². The monoisotopic (exact) mass is 339 g/mol. The minimum atomic E-state index is -0.836. The maximum absolute atomic E-state index is 11.9. The SMILES string of the molecule is CCCC(CCC)=NNC(=O)C(=O)Nc1cc(Cl)ccc1OC. The van der Waals surface area contributed by atoms with E-state index in [9.17, 15) is 9.59 Å². The molecule has 0 atom stereocenters. The summed E-state index contributed by atoms with van der Waals surface area (Å²) in [4.78, 5) is 23.8. The van der Waals surface area contributed by atoms with E-state index in [2.05, 4.69) is 15.8 Å². The standard InChI is InChI=1S/C16H22ClN3O3/c1-4-6-12(7-5-2)19-20-16(22)15(21)18-13-10-11(17)8-9-14(13)23-3/h8-10H,4-7H2,1-3H3,(H,18,21)(H,20,22). The Morgan fingerprint density at radius 1 is 1.17 bits per heavy atom. The molecule has 0 radical (unpaired) electrons. The van der Waals surface area contributed by atoms with Crippen molar-refractivity contribution in [2.24, 2.45) is 5.10 Å². The van der Waals surface area contributed by atoms with Crippen molar-refractivity contribution in [3.05, 3.63) is 23.2 Å². The highest BCUT2D eigenvalue weighted by Gasteiger charge is 2.16. The normalized spacial score (nSPS) is 9.91. The number of hydrazone groups is 1. The smallest absolute Gasteiger partial charge is 0.329 e. The number of rotatable bonds is 7. The van der Waals surface area contributed by atoms with Crippen LogP contribution in [-0.2, 0) is 9.59 Å². The zero-order valence-electron chi connectivity index (χ0n) is 13.6.